The second-order valence-electron chi connectivity index (χ2n) is 4.93. The number of nitrogens with one attached hydrogen (secondary N) is 1. The van der Waals surface area contributed by atoms with Gasteiger partial charge in [-0.05, 0) is 37.5 Å². The summed E-state index contributed by atoms with van der Waals surface area (Å²) >= 11 is 0. The van der Waals surface area contributed by atoms with Gasteiger partial charge in [-0.25, -0.2) is 4.79 Å². The first-order valence-corrected chi connectivity index (χ1v) is 7.93. The summed E-state index contributed by atoms with van der Waals surface area (Å²) in [5, 5.41) is 8.79. The Morgan fingerprint density at radius 1 is 1.40 bits per heavy atom. The molecule has 0 spiro atoms. The van der Waals surface area contributed by atoms with Gasteiger partial charge >= 0.3 is 5.97 Å². The normalized spacial score (nSPS) is 20.1. The molecule has 0 aliphatic carbocycles. The van der Waals surface area contributed by atoms with Gasteiger partial charge in [-0.15, -0.1) is 0 Å². The Kier molecular flexibility index (Phi) is 4.42. The first-order valence-electron chi connectivity index (χ1n) is 6.49. The lowest BCUT2D eigenvalue weighted by atomic mass is 10.1. The summed E-state index contributed by atoms with van der Waals surface area (Å²) in [5.74, 6) is -0.997. The lowest BCUT2D eigenvalue weighted by Gasteiger charge is -2.21. The molecule has 1 saturated heterocycles. The van der Waals surface area contributed by atoms with Gasteiger partial charge in [0.05, 0.1) is 5.56 Å². The minimum atomic E-state index is -3.47. The van der Waals surface area contributed by atoms with Crippen molar-refractivity contribution in [2.24, 2.45) is 0 Å². The molecule has 1 aliphatic rings. The van der Waals surface area contributed by atoms with E-state index in [0.717, 1.165) is 18.4 Å². The molecule has 6 nitrogen and oxygen atoms in total. The quantitative estimate of drug-likeness (QED) is 0.855. The third kappa shape index (κ3) is 3.36. The Bertz CT molecular complexity index is 583. The third-order valence-electron chi connectivity index (χ3n) is 3.46. The van der Waals surface area contributed by atoms with Gasteiger partial charge in [0.1, 0.15) is 0 Å². The van der Waals surface area contributed by atoms with Crippen molar-refractivity contribution in [1.29, 1.82) is 0 Å². The Morgan fingerprint density at radius 3 is 2.55 bits per heavy atom. The van der Waals surface area contributed by atoms with Gasteiger partial charge in [-0.2, -0.15) is 17.4 Å². The smallest absolute Gasteiger partial charge is 0.335 e. The zero-order valence-corrected chi connectivity index (χ0v) is 12.1. The van der Waals surface area contributed by atoms with Crippen LogP contribution in [0.1, 0.15) is 35.7 Å². The second kappa shape index (κ2) is 5.90. The molecule has 20 heavy (non-hydrogen) atoms. The molecule has 1 unspecified atom stereocenters. The number of rotatable bonds is 5. The molecule has 1 aromatic rings. The van der Waals surface area contributed by atoms with Crippen LogP contribution >= 0.6 is 0 Å². The van der Waals surface area contributed by atoms with Crippen LogP contribution in [0.2, 0.25) is 0 Å². The van der Waals surface area contributed by atoms with Crippen LogP contribution in [0.5, 0.6) is 0 Å². The van der Waals surface area contributed by atoms with Gasteiger partial charge in [0.25, 0.3) is 10.2 Å². The number of aromatic carboxylic acids is 1. The number of carboxylic acids is 1. The van der Waals surface area contributed by atoms with Crippen molar-refractivity contribution in [3.8, 4) is 0 Å². The molecule has 110 valence electrons. The second-order valence-corrected chi connectivity index (χ2v) is 6.64. The number of benzene rings is 1. The van der Waals surface area contributed by atoms with E-state index in [2.05, 4.69) is 4.72 Å². The maximum atomic E-state index is 12.1. The molecule has 1 atom stereocenters. The third-order valence-corrected chi connectivity index (χ3v) is 5.13. The van der Waals surface area contributed by atoms with Gasteiger partial charge in [0.2, 0.25) is 0 Å². The minimum absolute atomic E-state index is 0.0295. The van der Waals surface area contributed by atoms with Crippen molar-refractivity contribution in [1.82, 2.24) is 9.03 Å². The molecular formula is C13H18N2O4S. The van der Waals surface area contributed by atoms with Crippen molar-refractivity contribution in [3.05, 3.63) is 35.4 Å². The lowest BCUT2D eigenvalue weighted by molar-refractivity contribution is 0.0697. The fourth-order valence-corrected chi connectivity index (χ4v) is 3.75. The van der Waals surface area contributed by atoms with Gasteiger partial charge in [0.15, 0.2) is 0 Å². The van der Waals surface area contributed by atoms with Gasteiger partial charge in [0, 0.05) is 19.1 Å². The van der Waals surface area contributed by atoms with Crippen molar-refractivity contribution >= 4 is 16.2 Å². The first-order chi connectivity index (χ1) is 9.40. The molecule has 1 heterocycles. The molecule has 1 fully saturated rings. The van der Waals surface area contributed by atoms with Crippen LogP contribution < -0.4 is 4.72 Å². The van der Waals surface area contributed by atoms with Crippen LogP contribution in [0, 0.1) is 0 Å². The summed E-state index contributed by atoms with van der Waals surface area (Å²) in [6, 6.07) is 6.18. The topological polar surface area (TPSA) is 86.7 Å². The van der Waals surface area contributed by atoms with Gasteiger partial charge < -0.3 is 5.11 Å². The van der Waals surface area contributed by atoms with Gasteiger partial charge in [-0.1, -0.05) is 12.1 Å². The van der Waals surface area contributed by atoms with Crippen molar-refractivity contribution in [2.45, 2.75) is 32.4 Å². The summed E-state index contributed by atoms with van der Waals surface area (Å²) in [6.07, 6.45) is 1.77. The van der Waals surface area contributed by atoms with E-state index in [1.807, 2.05) is 6.92 Å². The highest BCUT2D eigenvalue weighted by molar-refractivity contribution is 7.87. The maximum absolute atomic E-state index is 12.1. The van der Waals surface area contributed by atoms with Crippen LogP contribution in [-0.2, 0) is 16.8 Å². The molecule has 7 heteroatoms. The van der Waals surface area contributed by atoms with E-state index < -0.39 is 16.2 Å². The SMILES string of the molecule is CC1CCCN1S(=O)(=O)NCc1ccc(C(=O)O)cc1. The molecule has 1 aromatic carbocycles. The molecule has 2 N–H and O–H groups in total. The number of carboxylic acid groups (broad SMARTS) is 1. The molecule has 0 aromatic heterocycles. The van der Waals surface area contributed by atoms with Crippen LogP contribution in [0.3, 0.4) is 0 Å². The fourth-order valence-electron chi connectivity index (χ4n) is 2.29. The predicted octanol–water partition coefficient (Wildman–Crippen LogP) is 1.20. The Balaban J connectivity index is 1.99. The largest absolute Gasteiger partial charge is 0.478 e. The van der Waals surface area contributed by atoms with E-state index in [-0.39, 0.29) is 18.2 Å². The van der Waals surface area contributed by atoms with E-state index in [1.165, 1.54) is 16.4 Å². The minimum Gasteiger partial charge on any atom is -0.478 e. The Morgan fingerprint density at radius 2 is 2.05 bits per heavy atom. The molecule has 0 saturated carbocycles. The average molecular weight is 298 g/mol. The lowest BCUT2D eigenvalue weighted by Crippen LogP contribution is -2.42. The first kappa shape index (κ1) is 15.0. The Labute approximate surface area is 118 Å². The van der Waals surface area contributed by atoms with Crippen molar-refractivity contribution < 1.29 is 18.3 Å². The maximum Gasteiger partial charge on any atom is 0.335 e. The summed E-state index contributed by atoms with van der Waals surface area (Å²) in [7, 11) is -3.47. The van der Waals surface area contributed by atoms with Crippen molar-refractivity contribution in [3.63, 3.8) is 0 Å². The highest BCUT2D eigenvalue weighted by Crippen LogP contribution is 2.19. The van der Waals surface area contributed by atoms with E-state index >= 15 is 0 Å². The molecule has 1 aliphatic heterocycles. The molecule has 0 radical (unpaired) electrons. The van der Waals surface area contributed by atoms with E-state index in [4.69, 9.17) is 5.11 Å². The zero-order valence-electron chi connectivity index (χ0n) is 11.2. The van der Waals surface area contributed by atoms with Crippen molar-refractivity contribution in [2.75, 3.05) is 6.54 Å². The molecule has 0 amide bonds. The van der Waals surface area contributed by atoms with E-state index in [1.54, 1.807) is 12.1 Å². The molecule has 0 bridgehead atoms. The highest BCUT2D eigenvalue weighted by atomic mass is 32.2. The van der Waals surface area contributed by atoms with Gasteiger partial charge in [-0.3, -0.25) is 0 Å². The van der Waals surface area contributed by atoms with Crippen LogP contribution in [0.4, 0.5) is 0 Å². The highest BCUT2D eigenvalue weighted by Gasteiger charge is 2.30. The molecule has 2 rings (SSSR count). The fraction of sp³-hybridized carbons (Fsp3) is 0.462. The van der Waals surface area contributed by atoms with Crippen LogP contribution in [0.15, 0.2) is 24.3 Å². The average Bonchev–Trinajstić information content (AvgIpc) is 2.84. The number of hydrogen-bond donors (Lipinski definition) is 2. The summed E-state index contributed by atoms with van der Waals surface area (Å²) in [5.41, 5.74) is 0.912. The van der Waals surface area contributed by atoms with Crippen LogP contribution in [-0.4, -0.2) is 36.4 Å². The predicted molar refractivity (Wildman–Crippen MR) is 74.6 cm³/mol. The van der Waals surface area contributed by atoms with E-state index in [9.17, 15) is 13.2 Å². The zero-order chi connectivity index (χ0) is 14.8. The monoisotopic (exact) mass is 298 g/mol. The number of hydrogen-bond acceptors (Lipinski definition) is 3. The standard InChI is InChI=1S/C13H18N2O4S/c1-10-3-2-8-15(10)20(18,19)14-9-11-4-6-12(7-5-11)13(16)17/h4-7,10,14H,2-3,8-9H2,1H3,(H,16,17). The van der Waals surface area contributed by atoms with Crippen LogP contribution in [0.25, 0.3) is 0 Å². The number of carbonyl (C=O) groups is 1. The Hall–Kier alpha value is -1.44. The summed E-state index contributed by atoms with van der Waals surface area (Å²) < 4.78 is 28.2. The summed E-state index contributed by atoms with van der Waals surface area (Å²) in [6.45, 7) is 2.60. The summed E-state index contributed by atoms with van der Waals surface area (Å²) in [4.78, 5) is 10.7. The molecular weight excluding hydrogens is 280 g/mol. The number of nitrogens with zero attached hydrogens (tertiary/aromatic N) is 1. The van der Waals surface area contributed by atoms with E-state index in [0.29, 0.717) is 6.54 Å².